The minimum atomic E-state index is -0.750. The lowest BCUT2D eigenvalue weighted by Gasteiger charge is -2.24. The van der Waals surface area contributed by atoms with Gasteiger partial charge in [0.25, 0.3) is 0 Å². The lowest BCUT2D eigenvalue weighted by molar-refractivity contribution is 0.138. The molecule has 1 aliphatic heterocycles. The summed E-state index contributed by atoms with van der Waals surface area (Å²) in [6, 6.07) is 4.24. The fourth-order valence-corrected chi connectivity index (χ4v) is 3.20. The Morgan fingerprint density at radius 3 is 2.62 bits per heavy atom. The van der Waals surface area contributed by atoms with Crippen LogP contribution in [0.4, 0.5) is 16.2 Å². The molecule has 1 unspecified atom stereocenters. The van der Waals surface area contributed by atoms with Gasteiger partial charge in [-0.05, 0) is 12.1 Å². The summed E-state index contributed by atoms with van der Waals surface area (Å²) in [4.78, 5) is 17.2. The average Bonchev–Trinajstić information content (AvgIpc) is 3.11. The van der Waals surface area contributed by atoms with Gasteiger partial charge in [-0.25, -0.2) is 4.79 Å². The number of amides is 2. The number of ether oxygens (including phenoxy) is 3. The number of nitrogens with zero attached hydrogens (tertiary/aromatic N) is 2. The van der Waals surface area contributed by atoms with Crippen LogP contribution in [0.2, 0.25) is 10.0 Å². The third-order valence-electron chi connectivity index (χ3n) is 3.86. The van der Waals surface area contributed by atoms with Crippen molar-refractivity contribution < 1.29 is 19.0 Å². The lowest BCUT2D eigenvalue weighted by atomic mass is 10.2. The second-order valence-electron chi connectivity index (χ2n) is 5.56. The van der Waals surface area contributed by atoms with Crippen molar-refractivity contribution in [1.29, 1.82) is 0 Å². The zero-order valence-corrected chi connectivity index (χ0v) is 15.5. The van der Waals surface area contributed by atoms with Crippen LogP contribution in [0, 0.1) is 0 Å². The van der Waals surface area contributed by atoms with Gasteiger partial charge in [0.1, 0.15) is 6.10 Å². The molecule has 138 valence electrons. The summed E-state index contributed by atoms with van der Waals surface area (Å²) in [5.41, 5.74) is 6.26. The van der Waals surface area contributed by atoms with Gasteiger partial charge < -0.3 is 19.9 Å². The molecule has 26 heavy (non-hydrogen) atoms. The van der Waals surface area contributed by atoms with Crippen molar-refractivity contribution in [2.45, 2.75) is 12.5 Å². The van der Waals surface area contributed by atoms with E-state index in [0.717, 1.165) is 6.42 Å². The van der Waals surface area contributed by atoms with Crippen molar-refractivity contribution in [3.63, 3.8) is 0 Å². The minimum Gasteiger partial charge on any atom is -0.493 e. The highest BCUT2D eigenvalue weighted by Crippen LogP contribution is 2.40. The van der Waals surface area contributed by atoms with Crippen LogP contribution in [-0.2, 0) is 4.74 Å². The molecule has 9 heteroatoms. The Kier molecular flexibility index (Phi) is 5.70. The lowest BCUT2D eigenvalue weighted by Crippen LogP contribution is -2.32. The molecule has 1 fully saturated rings. The summed E-state index contributed by atoms with van der Waals surface area (Å²) in [5.74, 6) is 0.991. The highest BCUT2D eigenvalue weighted by atomic mass is 35.5. The second-order valence-corrected chi connectivity index (χ2v) is 6.38. The molecule has 1 saturated heterocycles. The van der Waals surface area contributed by atoms with Gasteiger partial charge in [0, 0.05) is 24.9 Å². The van der Waals surface area contributed by atoms with Crippen LogP contribution in [0.15, 0.2) is 30.6 Å². The number of aromatic nitrogens is 1. The third-order valence-corrected chi connectivity index (χ3v) is 4.41. The predicted octanol–water partition coefficient (Wildman–Crippen LogP) is 3.78. The van der Waals surface area contributed by atoms with Gasteiger partial charge in [-0.2, -0.15) is 0 Å². The van der Waals surface area contributed by atoms with Crippen molar-refractivity contribution in [3.8, 4) is 11.5 Å². The van der Waals surface area contributed by atoms with Gasteiger partial charge in [0.05, 0.1) is 41.7 Å². The molecule has 0 radical (unpaired) electrons. The third kappa shape index (κ3) is 3.80. The number of benzene rings is 1. The van der Waals surface area contributed by atoms with E-state index < -0.39 is 6.03 Å². The Balaban J connectivity index is 2.03. The number of hydrogen-bond donors (Lipinski definition) is 1. The Hall–Kier alpha value is -2.22. The summed E-state index contributed by atoms with van der Waals surface area (Å²) in [6.07, 6.45) is 3.45. The number of urea groups is 1. The average molecular weight is 398 g/mol. The Morgan fingerprint density at radius 1 is 1.31 bits per heavy atom. The molecule has 1 aromatic carbocycles. The van der Waals surface area contributed by atoms with E-state index in [9.17, 15) is 4.79 Å². The van der Waals surface area contributed by atoms with Crippen LogP contribution in [0.25, 0.3) is 0 Å². The summed E-state index contributed by atoms with van der Waals surface area (Å²) < 4.78 is 16.6. The van der Waals surface area contributed by atoms with Crippen molar-refractivity contribution >= 4 is 40.6 Å². The standard InChI is InChI=1S/C17H17Cl2N3O4/c1-24-14-3-2-10(6-15(14)26-11-4-5-25-9-11)22(17(20)23)16-12(18)7-21-8-13(16)19/h2-3,6-8,11H,4-5,9H2,1H3,(H2,20,23). The Morgan fingerprint density at radius 2 is 2.04 bits per heavy atom. The fraction of sp³-hybridized carbons (Fsp3) is 0.294. The van der Waals surface area contributed by atoms with Crippen LogP contribution in [0.5, 0.6) is 11.5 Å². The van der Waals surface area contributed by atoms with E-state index >= 15 is 0 Å². The maximum atomic E-state index is 12.1. The predicted molar refractivity (Wildman–Crippen MR) is 98.8 cm³/mol. The number of anilines is 2. The number of rotatable bonds is 5. The zero-order chi connectivity index (χ0) is 18.7. The topological polar surface area (TPSA) is 86.9 Å². The molecule has 3 rings (SSSR count). The van der Waals surface area contributed by atoms with Crippen LogP contribution in [0.1, 0.15) is 6.42 Å². The number of pyridine rings is 1. The Labute approximate surface area is 160 Å². The molecule has 2 heterocycles. The second kappa shape index (κ2) is 7.99. The zero-order valence-electron chi connectivity index (χ0n) is 13.9. The summed E-state index contributed by atoms with van der Waals surface area (Å²) in [7, 11) is 1.54. The van der Waals surface area contributed by atoms with E-state index in [0.29, 0.717) is 30.4 Å². The molecule has 2 amide bonds. The number of primary amides is 1. The van der Waals surface area contributed by atoms with Gasteiger partial charge in [0.15, 0.2) is 11.5 Å². The van der Waals surface area contributed by atoms with Crippen molar-refractivity contribution in [2.75, 3.05) is 25.2 Å². The first-order chi connectivity index (χ1) is 12.5. The number of hydrogen-bond acceptors (Lipinski definition) is 5. The molecule has 1 atom stereocenters. The van der Waals surface area contributed by atoms with E-state index in [1.807, 2.05) is 0 Å². The number of halogens is 2. The fourth-order valence-electron chi connectivity index (χ4n) is 2.67. The summed E-state index contributed by atoms with van der Waals surface area (Å²) in [5, 5.41) is 0.387. The monoisotopic (exact) mass is 397 g/mol. The highest BCUT2D eigenvalue weighted by Gasteiger charge is 2.24. The maximum Gasteiger partial charge on any atom is 0.323 e. The molecular formula is C17H17Cl2N3O4. The molecule has 1 aliphatic rings. The van der Waals surface area contributed by atoms with E-state index in [1.54, 1.807) is 18.2 Å². The van der Waals surface area contributed by atoms with Crippen LogP contribution in [0.3, 0.4) is 0 Å². The van der Waals surface area contributed by atoms with E-state index in [2.05, 4.69) is 4.98 Å². The van der Waals surface area contributed by atoms with E-state index in [4.69, 9.17) is 43.1 Å². The SMILES string of the molecule is COc1ccc(N(C(N)=O)c2c(Cl)cncc2Cl)cc1OC1CCOC1. The molecule has 0 spiro atoms. The summed E-state index contributed by atoms with van der Waals surface area (Å²) in [6.45, 7) is 1.14. The molecule has 0 aliphatic carbocycles. The molecule has 1 aromatic heterocycles. The highest BCUT2D eigenvalue weighted by molar-refractivity contribution is 6.40. The smallest absolute Gasteiger partial charge is 0.323 e. The quantitative estimate of drug-likeness (QED) is 0.828. The number of carbonyl (C=O) groups is 1. The number of nitrogens with two attached hydrogens (primary N) is 1. The molecule has 2 aromatic rings. The molecule has 0 saturated carbocycles. The number of carbonyl (C=O) groups excluding carboxylic acids is 1. The first kappa shape index (κ1) is 18.6. The van der Waals surface area contributed by atoms with E-state index in [-0.39, 0.29) is 21.8 Å². The van der Waals surface area contributed by atoms with Crippen molar-refractivity contribution in [2.24, 2.45) is 5.73 Å². The van der Waals surface area contributed by atoms with Gasteiger partial charge in [-0.3, -0.25) is 9.88 Å². The van der Waals surface area contributed by atoms with Crippen molar-refractivity contribution in [1.82, 2.24) is 4.98 Å². The normalized spacial score (nSPS) is 16.3. The molecule has 2 N–H and O–H groups in total. The maximum absolute atomic E-state index is 12.1. The van der Waals surface area contributed by atoms with Gasteiger partial charge >= 0.3 is 6.03 Å². The van der Waals surface area contributed by atoms with Crippen LogP contribution < -0.4 is 20.1 Å². The largest absolute Gasteiger partial charge is 0.493 e. The summed E-state index contributed by atoms with van der Waals surface area (Å²) >= 11 is 12.4. The molecular weight excluding hydrogens is 381 g/mol. The Bertz CT molecular complexity index is 792. The number of methoxy groups -OCH3 is 1. The van der Waals surface area contributed by atoms with Gasteiger partial charge in [0.2, 0.25) is 0 Å². The van der Waals surface area contributed by atoms with Crippen LogP contribution >= 0.6 is 23.2 Å². The van der Waals surface area contributed by atoms with E-state index in [1.165, 1.54) is 24.4 Å². The van der Waals surface area contributed by atoms with Gasteiger partial charge in [-0.15, -0.1) is 0 Å². The molecule has 0 bridgehead atoms. The minimum absolute atomic E-state index is 0.0886. The van der Waals surface area contributed by atoms with Gasteiger partial charge in [-0.1, -0.05) is 23.2 Å². The molecule has 7 nitrogen and oxygen atoms in total. The van der Waals surface area contributed by atoms with Crippen molar-refractivity contribution in [3.05, 3.63) is 40.6 Å². The first-order valence-electron chi connectivity index (χ1n) is 7.82. The first-order valence-corrected chi connectivity index (χ1v) is 8.58. The van der Waals surface area contributed by atoms with Crippen LogP contribution in [-0.4, -0.2) is 37.4 Å².